The molecular weight excluding hydrogens is 470 g/mol. The second-order valence-electron chi connectivity index (χ2n) is 9.40. The minimum atomic E-state index is -0.775. The lowest BCUT2D eigenvalue weighted by Gasteiger charge is -2.16. The summed E-state index contributed by atoms with van der Waals surface area (Å²) >= 11 is 0. The summed E-state index contributed by atoms with van der Waals surface area (Å²) in [5.74, 6) is -0.560. The first-order valence-electron chi connectivity index (χ1n) is 12.1. The summed E-state index contributed by atoms with van der Waals surface area (Å²) in [5.41, 5.74) is 4.58. The van der Waals surface area contributed by atoms with Gasteiger partial charge in [-0.25, -0.2) is 9.59 Å². The monoisotopic (exact) mass is 497 g/mol. The molecule has 1 fully saturated rings. The zero-order valence-electron chi connectivity index (χ0n) is 20.5. The number of aliphatic carboxylic acids is 1. The summed E-state index contributed by atoms with van der Waals surface area (Å²) in [6.45, 7) is 3.74. The summed E-state index contributed by atoms with van der Waals surface area (Å²) in [5, 5.41) is 12.1. The van der Waals surface area contributed by atoms with E-state index in [4.69, 9.17) is 4.74 Å². The van der Waals surface area contributed by atoms with Crippen LogP contribution in [-0.4, -0.2) is 27.1 Å². The van der Waals surface area contributed by atoms with Crippen LogP contribution >= 0.6 is 0 Å². The second kappa shape index (κ2) is 9.46. The van der Waals surface area contributed by atoms with Gasteiger partial charge in [-0.15, -0.1) is 0 Å². The Hall–Kier alpha value is -4.59. The number of hydrogen-bond donors (Lipinski definition) is 4. The van der Waals surface area contributed by atoms with Crippen molar-refractivity contribution in [2.45, 2.75) is 38.2 Å². The Labute approximate surface area is 213 Å². The Morgan fingerprint density at radius 1 is 0.919 bits per heavy atom. The molecule has 8 heteroatoms. The third-order valence-corrected chi connectivity index (χ3v) is 6.97. The molecular formula is C29H27N3O5. The van der Waals surface area contributed by atoms with Gasteiger partial charge in [0.15, 0.2) is 0 Å². The van der Waals surface area contributed by atoms with Crippen molar-refractivity contribution in [2.24, 2.45) is 0 Å². The van der Waals surface area contributed by atoms with Gasteiger partial charge in [0.05, 0.1) is 11.1 Å². The van der Waals surface area contributed by atoms with Crippen LogP contribution < -0.4 is 11.0 Å². The van der Waals surface area contributed by atoms with E-state index in [2.05, 4.69) is 15.3 Å². The van der Waals surface area contributed by atoms with E-state index in [1.165, 1.54) is 0 Å². The van der Waals surface area contributed by atoms with Crippen molar-refractivity contribution >= 4 is 17.9 Å². The molecule has 0 spiro atoms. The maximum Gasteiger partial charge on any atom is 0.413 e. The summed E-state index contributed by atoms with van der Waals surface area (Å²) in [6.07, 6.45) is 0.185. The molecule has 1 heterocycles. The topological polar surface area (TPSA) is 124 Å². The molecule has 1 amide bonds. The highest BCUT2D eigenvalue weighted by Crippen LogP contribution is 2.48. The molecule has 4 N–H and O–H groups in total. The maximum atomic E-state index is 12.6. The third-order valence-electron chi connectivity index (χ3n) is 6.97. The van der Waals surface area contributed by atoms with Crippen molar-refractivity contribution < 1.29 is 19.4 Å². The number of carboxylic acids is 1. The van der Waals surface area contributed by atoms with Crippen LogP contribution in [0, 0.1) is 6.92 Å². The quantitative estimate of drug-likeness (QED) is 0.258. The minimum absolute atomic E-state index is 0.215. The van der Waals surface area contributed by atoms with E-state index in [-0.39, 0.29) is 5.82 Å². The normalized spacial score (nSPS) is 14.5. The molecule has 8 nitrogen and oxygen atoms in total. The Morgan fingerprint density at radius 3 is 2.11 bits per heavy atom. The summed E-state index contributed by atoms with van der Waals surface area (Å²) in [7, 11) is 0. The standard InChI is InChI=1S/C29H27N3O5/c1-17-5-3-4-6-23(17)18(2)37-28(36)32-25-24(30-27(35)31-25)21-9-7-19(8-10-21)20-11-13-22(14-12-20)29(15-16-29)26(33)34/h3-14,18H,15-16H2,1-2H3,(H,32,36)(H,33,34)(H2,30,31,35). The fraction of sp³-hybridized carbons (Fsp3) is 0.207. The number of nitrogens with one attached hydrogen (secondary N) is 3. The van der Waals surface area contributed by atoms with E-state index in [0.29, 0.717) is 24.1 Å². The predicted octanol–water partition coefficient (Wildman–Crippen LogP) is 5.77. The van der Waals surface area contributed by atoms with Crippen LogP contribution in [0.25, 0.3) is 22.4 Å². The van der Waals surface area contributed by atoms with Gasteiger partial charge in [0.25, 0.3) is 0 Å². The summed E-state index contributed by atoms with van der Waals surface area (Å²) < 4.78 is 5.53. The predicted molar refractivity (Wildman–Crippen MR) is 141 cm³/mol. The number of carboxylic acid groups (broad SMARTS) is 1. The number of aryl methyl sites for hydroxylation is 1. The van der Waals surface area contributed by atoms with E-state index >= 15 is 0 Å². The third kappa shape index (κ3) is 4.78. The van der Waals surface area contributed by atoms with Crippen LogP contribution in [0.3, 0.4) is 0 Å². The van der Waals surface area contributed by atoms with Crippen molar-refractivity contribution in [3.8, 4) is 22.4 Å². The molecule has 1 aliphatic rings. The van der Waals surface area contributed by atoms with Gasteiger partial charge in [0.2, 0.25) is 0 Å². The van der Waals surface area contributed by atoms with Gasteiger partial charge >= 0.3 is 17.8 Å². The van der Waals surface area contributed by atoms with E-state index < -0.39 is 29.3 Å². The van der Waals surface area contributed by atoms with Crippen LogP contribution in [-0.2, 0) is 14.9 Å². The van der Waals surface area contributed by atoms with Gasteiger partial charge in [0.1, 0.15) is 11.9 Å². The molecule has 0 bridgehead atoms. The Balaban J connectivity index is 1.31. The number of imidazole rings is 1. The van der Waals surface area contributed by atoms with E-state index in [1.807, 2.05) is 79.7 Å². The van der Waals surface area contributed by atoms with Gasteiger partial charge in [-0.3, -0.25) is 15.1 Å². The Kier molecular flexibility index (Phi) is 6.17. The second-order valence-corrected chi connectivity index (χ2v) is 9.40. The SMILES string of the molecule is Cc1ccccc1C(C)OC(=O)Nc1[nH]c(=O)[nH]c1-c1ccc(-c2ccc(C3(C(=O)O)CC3)cc2)cc1. The molecule has 1 saturated carbocycles. The van der Waals surface area contributed by atoms with Gasteiger partial charge < -0.3 is 14.8 Å². The van der Waals surface area contributed by atoms with Crippen LogP contribution in [0.4, 0.5) is 10.6 Å². The number of ether oxygens (including phenoxy) is 1. The molecule has 1 atom stereocenters. The Morgan fingerprint density at radius 2 is 1.51 bits per heavy atom. The lowest BCUT2D eigenvalue weighted by molar-refractivity contribution is -0.140. The molecule has 4 aromatic rings. The molecule has 37 heavy (non-hydrogen) atoms. The lowest BCUT2D eigenvalue weighted by atomic mass is 9.93. The highest BCUT2D eigenvalue weighted by Gasteiger charge is 2.51. The van der Waals surface area contributed by atoms with E-state index in [0.717, 1.165) is 27.8 Å². The first kappa shape index (κ1) is 24.1. The van der Waals surface area contributed by atoms with Gasteiger partial charge in [-0.2, -0.15) is 0 Å². The van der Waals surface area contributed by atoms with Gasteiger partial charge in [-0.05, 0) is 54.5 Å². The molecule has 0 aliphatic heterocycles. The average Bonchev–Trinajstić information content (AvgIpc) is 3.62. The summed E-state index contributed by atoms with van der Waals surface area (Å²) in [4.78, 5) is 41.6. The van der Waals surface area contributed by atoms with Gasteiger partial charge in [-0.1, -0.05) is 72.8 Å². The van der Waals surface area contributed by atoms with Crippen molar-refractivity contribution in [3.05, 3.63) is 100.0 Å². The van der Waals surface area contributed by atoms with Crippen LogP contribution in [0.15, 0.2) is 77.6 Å². The van der Waals surface area contributed by atoms with E-state index in [9.17, 15) is 19.5 Å². The van der Waals surface area contributed by atoms with Crippen molar-refractivity contribution in [1.29, 1.82) is 0 Å². The average molecular weight is 498 g/mol. The number of amides is 1. The van der Waals surface area contributed by atoms with Crippen LogP contribution in [0.2, 0.25) is 0 Å². The van der Waals surface area contributed by atoms with Crippen LogP contribution in [0.1, 0.15) is 42.6 Å². The fourth-order valence-electron chi connectivity index (χ4n) is 4.65. The Bertz CT molecular complexity index is 1510. The molecule has 3 aromatic carbocycles. The number of H-pyrrole nitrogens is 2. The number of anilines is 1. The summed E-state index contributed by atoms with van der Waals surface area (Å²) in [6, 6.07) is 22.8. The van der Waals surface area contributed by atoms with Gasteiger partial charge in [0, 0.05) is 5.56 Å². The molecule has 5 rings (SSSR count). The molecule has 1 aromatic heterocycles. The number of rotatable bonds is 7. The number of aromatic amines is 2. The van der Waals surface area contributed by atoms with Crippen LogP contribution in [0.5, 0.6) is 0 Å². The largest absolute Gasteiger partial charge is 0.481 e. The zero-order chi connectivity index (χ0) is 26.2. The first-order valence-corrected chi connectivity index (χ1v) is 12.1. The number of benzene rings is 3. The number of carbonyl (C=O) groups is 2. The molecule has 0 saturated heterocycles. The highest BCUT2D eigenvalue weighted by atomic mass is 16.6. The zero-order valence-corrected chi connectivity index (χ0v) is 20.5. The van der Waals surface area contributed by atoms with Crippen molar-refractivity contribution in [3.63, 3.8) is 0 Å². The number of carbonyl (C=O) groups excluding carboxylic acids is 1. The lowest BCUT2D eigenvalue weighted by Crippen LogP contribution is -2.19. The molecule has 1 unspecified atom stereocenters. The fourth-order valence-corrected chi connectivity index (χ4v) is 4.65. The van der Waals surface area contributed by atoms with E-state index in [1.54, 1.807) is 6.92 Å². The smallest absolute Gasteiger partial charge is 0.413 e. The minimum Gasteiger partial charge on any atom is -0.481 e. The number of aromatic nitrogens is 2. The molecule has 0 radical (unpaired) electrons. The first-order chi connectivity index (χ1) is 17.8. The van der Waals surface area contributed by atoms with Crippen molar-refractivity contribution in [2.75, 3.05) is 5.32 Å². The maximum absolute atomic E-state index is 12.6. The highest BCUT2D eigenvalue weighted by molar-refractivity contribution is 5.89. The molecule has 188 valence electrons. The number of hydrogen-bond acceptors (Lipinski definition) is 4. The van der Waals surface area contributed by atoms with Crippen molar-refractivity contribution in [1.82, 2.24) is 9.97 Å². The molecule has 1 aliphatic carbocycles.